The SMILES string of the molecule is Cc1cccc(NC(=O)CN(C)CC(=O)Nc2ccc(Cl)c([N+](=O)[O-])c2)c1C. The van der Waals surface area contributed by atoms with Crippen molar-refractivity contribution < 1.29 is 14.5 Å². The van der Waals surface area contributed by atoms with Crippen molar-refractivity contribution in [3.8, 4) is 0 Å². The summed E-state index contributed by atoms with van der Waals surface area (Å²) in [6, 6.07) is 9.65. The van der Waals surface area contributed by atoms with Crippen molar-refractivity contribution in [3.05, 3.63) is 62.7 Å². The van der Waals surface area contributed by atoms with Gasteiger partial charge in [0.2, 0.25) is 11.8 Å². The minimum Gasteiger partial charge on any atom is -0.325 e. The number of nitrogens with one attached hydrogen (secondary N) is 2. The van der Waals surface area contributed by atoms with E-state index in [1.165, 1.54) is 18.2 Å². The maximum Gasteiger partial charge on any atom is 0.289 e. The molecule has 0 radical (unpaired) electrons. The van der Waals surface area contributed by atoms with E-state index < -0.39 is 10.8 Å². The van der Waals surface area contributed by atoms with Gasteiger partial charge in [-0.2, -0.15) is 0 Å². The number of carbonyl (C=O) groups is 2. The van der Waals surface area contributed by atoms with Gasteiger partial charge in [-0.05, 0) is 50.2 Å². The van der Waals surface area contributed by atoms with Crippen LogP contribution >= 0.6 is 11.6 Å². The quantitative estimate of drug-likeness (QED) is 0.543. The number of nitrogens with zero attached hydrogens (tertiary/aromatic N) is 2. The van der Waals surface area contributed by atoms with Crippen molar-refractivity contribution in [2.75, 3.05) is 30.8 Å². The van der Waals surface area contributed by atoms with Crippen LogP contribution in [0.5, 0.6) is 0 Å². The molecule has 0 aliphatic carbocycles. The van der Waals surface area contributed by atoms with Gasteiger partial charge in [-0.1, -0.05) is 23.7 Å². The zero-order valence-electron chi connectivity index (χ0n) is 15.8. The first kappa shape index (κ1) is 21.3. The smallest absolute Gasteiger partial charge is 0.289 e. The summed E-state index contributed by atoms with van der Waals surface area (Å²) in [6.07, 6.45) is 0. The Hall–Kier alpha value is -2.97. The Morgan fingerprint density at radius 2 is 1.75 bits per heavy atom. The molecule has 0 saturated carbocycles. The zero-order valence-corrected chi connectivity index (χ0v) is 16.5. The predicted molar refractivity (Wildman–Crippen MR) is 109 cm³/mol. The molecule has 8 nitrogen and oxygen atoms in total. The molecule has 148 valence electrons. The van der Waals surface area contributed by atoms with Crippen LogP contribution in [0, 0.1) is 24.0 Å². The number of halogens is 1. The van der Waals surface area contributed by atoms with Gasteiger partial charge in [-0.15, -0.1) is 0 Å². The van der Waals surface area contributed by atoms with Crippen LogP contribution in [0.3, 0.4) is 0 Å². The number of hydrogen-bond acceptors (Lipinski definition) is 5. The number of nitro benzene ring substituents is 1. The summed E-state index contributed by atoms with van der Waals surface area (Å²) >= 11 is 5.75. The van der Waals surface area contributed by atoms with E-state index >= 15 is 0 Å². The van der Waals surface area contributed by atoms with Crippen molar-refractivity contribution in [1.29, 1.82) is 0 Å². The van der Waals surface area contributed by atoms with Crippen molar-refractivity contribution >= 4 is 40.5 Å². The minimum absolute atomic E-state index is 0.0109. The molecule has 0 aromatic heterocycles. The summed E-state index contributed by atoms with van der Waals surface area (Å²) in [5, 5.41) is 16.3. The number of hydrogen-bond donors (Lipinski definition) is 2. The highest BCUT2D eigenvalue weighted by atomic mass is 35.5. The lowest BCUT2D eigenvalue weighted by atomic mass is 10.1. The topological polar surface area (TPSA) is 105 Å². The molecule has 0 saturated heterocycles. The molecular weight excluding hydrogens is 384 g/mol. The molecule has 0 bridgehead atoms. The van der Waals surface area contributed by atoms with Gasteiger partial charge in [0.05, 0.1) is 18.0 Å². The van der Waals surface area contributed by atoms with E-state index in [0.717, 1.165) is 16.8 Å². The predicted octanol–water partition coefficient (Wildman–Crippen LogP) is 3.37. The molecule has 28 heavy (non-hydrogen) atoms. The Morgan fingerprint density at radius 3 is 2.39 bits per heavy atom. The molecule has 2 N–H and O–H groups in total. The Morgan fingerprint density at radius 1 is 1.11 bits per heavy atom. The normalized spacial score (nSPS) is 10.6. The van der Waals surface area contributed by atoms with E-state index in [9.17, 15) is 19.7 Å². The fraction of sp³-hybridized carbons (Fsp3) is 0.263. The molecule has 0 unspecified atom stereocenters. The van der Waals surface area contributed by atoms with E-state index in [1.807, 2.05) is 32.0 Å². The molecular formula is C19H21ClN4O4. The number of benzene rings is 2. The number of nitro groups is 1. The van der Waals surface area contributed by atoms with Gasteiger partial charge >= 0.3 is 0 Å². The summed E-state index contributed by atoms with van der Waals surface area (Å²) in [6.45, 7) is 3.84. The van der Waals surface area contributed by atoms with Gasteiger partial charge in [-0.3, -0.25) is 24.6 Å². The van der Waals surface area contributed by atoms with E-state index in [1.54, 1.807) is 11.9 Å². The van der Waals surface area contributed by atoms with Crippen LogP contribution < -0.4 is 10.6 Å². The standard InChI is InChI=1S/C19H21ClN4O4/c1-12-5-4-6-16(13(12)2)22-19(26)11-23(3)10-18(25)21-14-7-8-15(20)17(9-14)24(27)28/h4-9H,10-11H2,1-3H3,(H,21,25)(H,22,26). The van der Waals surface area contributed by atoms with Gasteiger partial charge in [0.25, 0.3) is 5.69 Å². The van der Waals surface area contributed by atoms with Crippen LogP contribution in [0.1, 0.15) is 11.1 Å². The van der Waals surface area contributed by atoms with Crippen molar-refractivity contribution in [2.45, 2.75) is 13.8 Å². The third-order valence-corrected chi connectivity index (χ3v) is 4.45. The Labute approximate surface area is 167 Å². The maximum atomic E-state index is 12.2. The molecule has 2 aromatic rings. The average Bonchev–Trinajstić information content (AvgIpc) is 2.60. The fourth-order valence-electron chi connectivity index (χ4n) is 2.55. The Kier molecular flexibility index (Phi) is 7.08. The lowest BCUT2D eigenvalue weighted by molar-refractivity contribution is -0.384. The molecule has 0 atom stereocenters. The Balaban J connectivity index is 1.90. The lowest BCUT2D eigenvalue weighted by Crippen LogP contribution is -2.36. The monoisotopic (exact) mass is 404 g/mol. The van der Waals surface area contributed by atoms with E-state index in [2.05, 4.69) is 10.6 Å². The first-order valence-corrected chi connectivity index (χ1v) is 8.83. The largest absolute Gasteiger partial charge is 0.325 e. The maximum absolute atomic E-state index is 12.2. The summed E-state index contributed by atoms with van der Waals surface area (Å²) in [7, 11) is 1.63. The third-order valence-electron chi connectivity index (χ3n) is 4.13. The van der Waals surface area contributed by atoms with Crippen LogP contribution in [0.4, 0.5) is 17.1 Å². The molecule has 2 aromatic carbocycles. The first-order chi connectivity index (χ1) is 13.2. The van der Waals surface area contributed by atoms with Crippen LogP contribution in [0.15, 0.2) is 36.4 Å². The highest BCUT2D eigenvalue weighted by Gasteiger charge is 2.16. The Bertz CT molecular complexity index is 917. The summed E-state index contributed by atoms with van der Waals surface area (Å²) in [5.41, 5.74) is 2.76. The van der Waals surface area contributed by atoms with Crippen molar-refractivity contribution in [3.63, 3.8) is 0 Å². The van der Waals surface area contributed by atoms with Gasteiger partial charge < -0.3 is 10.6 Å². The minimum atomic E-state index is -0.623. The number of aryl methyl sites for hydroxylation is 1. The number of anilines is 2. The summed E-state index contributed by atoms with van der Waals surface area (Å²) in [5.74, 6) is -0.648. The highest BCUT2D eigenvalue weighted by molar-refractivity contribution is 6.32. The highest BCUT2D eigenvalue weighted by Crippen LogP contribution is 2.27. The second-order valence-corrected chi connectivity index (χ2v) is 6.85. The molecule has 2 amide bonds. The van der Waals surface area contributed by atoms with Crippen molar-refractivity contribution in [1.82, 2.24) is 4.90 Å². The number of likely N-dealkylation sites (N-methyl/N-ethyl adjacent to an activating group) is 1. The van der Waals surface area contributed by atoms with Crippen LogP contribution in [-0.4, -0.2) is 41.8 Å². The second kappa shape index (κ2) is 9.29. The van der Waals surface area contributed by atoms with Gasteiger partial charge in [0.1, 0.15) is 5.02 Å². The fourth-order valence-corrected chi connectivity index (χ4v) is 2.74. The number of amides is 2. The average molecular weight is 405 g/mol. The molecule has 0 fully saturated rings. The van der Waals surface area contributed by atoms with Gasteiger partial charge in [0.15, 0.2) is 0 Å². The molecule has 2 rings (SSSR count). The third kappa shape index (κ3) is 5.77. The number of carbonyl (C=O) groups excluding carboxylic acids is 2. The molecule has 0 aliphatic rings. The molecule has 0 heterocycles. The molecule has 9 heteroatoms. The lowest BCUT2D eigenvalue weighted by Gasteiger charge is -2.17. The molecule has 0 aliphatic heterocycles. The zero-order chi connectivity index (χ0) is 20.8. The van der Waals surface area contributed by atoms with E-state index in [0.29, 0.717) is 0 Å². The van der Waals surface area contributed by atoms with Gasteiger partial charge in [-0.25, -0.2) is 0 Å². The van der Waals surface area contributed by atoms with Crippen LogP contribution in [0.25, 0.3) is 0 Å². The van der Waals surface area contributed by atoms with Gasteiger partial charge in [0, 0.05) is 17.4 Å². The number of rotatable bonds is 7. The van der Waals surface area contributed by atoms with Crippen LogP contribution in [-0.2, 0) is 9.59 Å². The van der Waals surface area contributed by atoms with E-state index in [-0.39, 0.29) is 35.4 Å². The van der Waals surface area contributed by atoms with Crippen molar-refractivity contribution in [2.24, 2.45) is 0 Å². The van der Waals surface area contributed by atoms with E-state index in [4.69, 9.17) is 11.6 Å². The first-order valence-electron chi connectivity index (χ1n) is 8.45. The summed E-state index contributed by atoms with van der Waals surface area (Å²) in [4.78, 5) is 36.2. The molecule has 0 spiro atoms. The second-order valence-electron chi connectivity index (χ2n) is 6.44. The van der Waals surface area contributed by atoms with Crippen LogP contribution in [0.2, 0.25) is 5.02 Å². The summed E-state index contributed by atoms with van der Waals surface area (Å²) < 4.78 is 0.